The highest BCUT2D eigenvalue weighted by atomic mass is 16.3. The maximum atomic E-state index is 9.50. The molecule has 1 rings (SSSR count). The van der Waals surface area contributed by atoms with Gasteiger partial charge in [0.2, 0.25) is 5.75 Å². The van der Waals surface area contributed by atoms with Gasteiger partial charge in [-0.15, -0.1) is 0 Å². The third-order valence-electron chi connectivity index (χ3n) is 1.94. The number of hydrogen-bond donors (Lipinski definition) is 3. The van der Waals surface area contributed by atoms with Crippen LogP contribution in [-0.4, -0.2) is 15.3 Å². The van der Waals surface area contributed by atoms with Crippen LogP contribution in [0.25, 0.3) is 0 Å². The van der Waals surface area contributed by atoms with Gasteiger partial charge in [-0.2, -0.15) is 0 Å². The Balaban J connectivity index is 3.35. The number of phenols is 3. The van der Waals surface area contributed by atoms with Gasteiger partial charge in [-0.3, -0.25) is 0 Å². The topological polar surface area (TPSA) is 60.7 Å². The lowest BCUT2D eigenvalue weighted by molar-refractivity contribution is 0.359. The summed E-state index contributed by atoms with van der Waals surface area (Å²) in [4.78, 5) is 0. The summed E-state index contributed by atoms with van der Waals surface area (Å²) in [5.41, 5.74) is 0.359. The first-order valence-corrected chi connectivity index (χ1v) is 4.08. The molecule has 0 saturated heterocycles. The summed E-state index contributed by atoms with van der Waals surface area (Å²) >= 11 is 0. The summed E-state index contributed by atoms with van der Waals surface area (Å²) in [5.74, 6) is -0.995. The van der Waals surface area contributed by atoms with Crippen LogP contribution in [0, 0.1) is 0 Å². The van der Waals surface area contributed by atoms with Gasteiger partial charge in [0, 0.05) is 5.56 Å². The van der Waals surface area contributed by atoms with Crippen LogP contribution < -0.4 is 0 Å². The predicted molar refractivity (Wildman–Crippen MR) is 50.1 cm³/mol. The molecule has 0 aliphatic carbocycles. The van der Waals surface area contributed by atoms with Crippen LogP contribution >= 0.6 is 0 Å². The Morgan fingerprint density at radius 2 is 1.46 bits per heavy atom. The Kier molecular flexibility index (Phi) is 2.12. The van der Waals surface area contributed by atoms with Gasteiger partial charge in [0.05, 0.1) is 0 Å². The second-order valence-electron chi connectivity index (χ2n) is 4.08. The lowest BCUT2D eigenvalue weighted by Gasteiger charge is -2.20. The van der Waals surface area contributed by atoms with Gasteiger partial charge in [0.1, 0.15) is 0 Å². The van der Waals surface area contributed by atoms with E-state index in [1.807, 2.05) is 20.8 Å². The van der Waals surface area contributed by atoms with Crippen LogP contribution in [0.4, 0.5) is 0 Å². The molecule has 3 heteroatoms. The fourth-order valence-electron chi connectivity index (χ4n) is 1.17. The number of phenolic OH excluding ortho intramolecular Hbond substituents is 3. The van der Waals surface area contributed by atoms with Crippen molar-refractivity contribution in [2.45, 2.75) is 26.2 Å². The van der Waals surface area contributed by atoms with Gasteiger partial charge in [0.25, 0.3) is 0 Å². The lowest BCUT2D eigenvalue weighted by atomic mass is 9.86. The van der Waals surface area contributed by atoms with Crippen LogP contribution in [0.1, 0.15) is 26.3 Å². The molecular formula is C10H14O3. The summed E-state index contributed by atoms with van der Waals surface area (Å²) in [5, 5.41) is 27.8. The molecule has 0 spiro atoms. The molecule has 0 fully saturated rings. The zero-order valence-corrected chi connectivity index (χ0v) is 8.00. The standard InChI is InChI=1S/C10H14O3/c1-10(2,3)6-4-5-7(11)9(13)8(6)12/h4-5,11-13H,1-3H3. The van der Waals surface area contributed by atoms with E-state index in [0.29, 0.717) is 5.56 Å². The van der Waals surface area contributed by atoms with Gasteiger partial charge < -0.3 is 15.3 Å². The number of benzene rings is 1. The van der Waals surface area contributed by atoms with Gasteiger partial charge in [-0.25, -0.2) is 0 Å². The quantitative estimate of drug-likeness (QED) is 0.538. The van der Waals surface area contributed by atoms with Crippen molar-refractivity contribution in [3.8, 4) is 17.2 Å². The maximum Gasteiger partial charge on any atom is 0.200 e. The Morgan fingerprint density at radius 1 is 0.923 bits per heavy atom. The van der Waals surface area contributed by atoms with Crippen molar-refractivity contribution in [1.82, 2.24) is 0 Å². The molecule has 0 amide bonds. The molecule has 0 heterocycles. The van der Waals surface area contributed by atoms with Gasteiger partial charge in [0.15, 0.2) is 11.5 Å². The van der Waals surface area contributed by atoms with Crippen LogP contribution in [0.2, 0.25) is 0 Å². The maximum absolute atomic E-state index is 9.50. The first kappa shape index (κ1) is 9.71. The van der Waals surface area contributed by atoms with Crippen LogP contribution in [0.5, 0.6) is 17.2 Å². The highest BCUT2D eigenvalue weighted by Gasteiger charge is 2.21. The summed E-state index contributed by atoms with van der Waals surface area (Å²) in [6, 6.07) is 2.97. The molecule has 0 atom stereocenters. The van der Waals surface area contributed by atoms with E-state index >= 15 is 0 Å². The largest absolute Gasteiger partial charge is 0.504 e. The summed E-state index contributed by atoms with van der Waals surface area (Å²) in [7, 11) is 0. The van der Waals surface area contributed by atoms with Crippen molar-refractivity contribution in [2.75, 3.05) is 0 Å². The average molecular weight is 182 g/mol. The van der Waals surface area contributed by atoms with E-state index in [1.54, 1.807) is 6.07 Å². The molecule has 0 radical (unpaired) electrons. The first-order chi connectivity index (χ1) is 5.84. The molecule has 1 aromatic carbocycles. The molecule has 13 heavy (non-hydrogen) atoms. The first-order valence-electron chi connectivity index (χ1n) is 4.08. The van der Waals surface area contributed by atoms with Gasteiger partial charge in [-0.1, -0.05) is 26.8 Å². The molecule has 0 aliphatic rings. The number of aromatic hydroxyl groups is 3. The fraction of sp³-hybridized carbons (Fsp3) is 0.400. The molecule has 0 aromatic heterocycles. The Bertz CT molecular complexity index is 324. The van der Waals surface area contributed by atoms with Crippen molar-refractivity contribution in [1.29, 1.82) is 0 Å². The lowest BCUT2D eigenvalue weighted by Crippen LogP contribution is -2.10. The minimum absolute atomic E-state index is 0.243. The smallest absolute Gasteiger partial charge is 0.200 e. The predicted octanol–water partition coefficient (Wildman–Crippen LogP) is 2.10. The Labute approximate surface area is 77.3 Å². The van der Waals surface area contributed by atoms with Crippen LogP contribution in [0.15, 0.2) is 12.1 Å². The minimum Gasteiger partial charge on any atom is -0.504 e. The van der Waals surface area contributed by atoms with Crippen molar-refractivity contribution in [3.63, 3.8) is 0 Å². The van der Waals surface area contributed by atoms with Crippen molar-refractivity contribution in [3.05, 3.63) is 17.7 Å². The number of hydrogen-bond acceptors (Lipinski definition) is 3. The van der Waals surface area contributed by atoms with Gasteiger partial charge >= 0.3 is 0 Å². The summed E-state index contributed by atoms with van der Waals surface area (Å²) in [6.45, 7) is 5.75. The zero-order valence-electron chi connectivity index (χ0n) is 8.00. The molecule has 0 unspecified atom stereocenters. The zero-order chi connectivity index (χ0) is 10.2. The Morgan fingerprint density at radius 3 is 1.92 bits per heavy atom. The number of rotatable bonds is 0. The van der Waals surface area contributed by atoms with E-state index in [4.69, 9.17) is 5.11 Å². The molecule has 0 bridgehead atoms. The third kappa shape index (κ3) is 1.69. The second kappa shape index (κ2) is 2.83. The molecular weight excluding hydrogens is 168 g/mol. The molecule has 0 saturated carbocycles. The van der Waals surface area contributed by atoms with E-state index in [-0.39, 0.29) is 16.9 Å². The molecule has 0 aliphatic heterocycles. The molecule has 1 aromatic rings. The molecule has 72 valence electrons. The highest BCUT2D eigenvalue weighted by molar-refractivity contribution is 5.54. The van der Waals surface area contributed by atoms with Crippen LogP contribution in [-0.2, 0) is 5.41 Å². The summed E-state index contributed by atoms with van der Waals surface area (Å²) in [6.07, 6.45) is 0. The SMILES string of the molecule is CC(C)(C)c1ccc(O)c(O)c1O. The Hall–Kier alpha value is -1.38. The molecule has 3 nitrogen and oxygen atoms in total. The van der Waals surface area contributed by atoms with E-state index in [1.165, 1.54) is 6.07 Å². The summed E-state index contributed by atoms with van der Waals surface area (Å²) < 4.78 is 0. The van der Waals surface area contributed by atoms with Crippen molar-refractivity contribution >= 4 is 0 Å². The van der Waals surface area contributed by atoms with E-state index in [2.05, 4.69) is 0 Å². The average Bonchev–Trinajstić information content (AvgIpc) is 1.98. The minimum atomic E-state index is -0.451. The third-order valence-corrected chi connectivity index (χ3v) is 1.94. The van der Waals surface area contributed by atoms with E-state index in [9.17, 15) is 10.2 Å². The van der Waals surface area contributed by atoms with E-state index < -0.39 is 5.75 Å². The molecule has 3 N–H and O–H groups in total. The van der Waals surface area contributed by atoms with Crippen molar-refractivity contribution in [2.24, 2.45) is 0 Å². The van der Waals surface area contributed by atoms with E-state index in [0.717, 1.165) is 0 Å². The monoisotopic (exact) mass is 182 g/mol. The van der Waals surface area contributed by atoms with Gasteiger partial charge in [-0.05, 0) is 11.5 Å². The normalized spacial score (nSPS) is 11.6. The fourth-order valence-corrected chi connectivity index (χ4v) is 1.17. The highest BCUT2D eigenvalue weighted by Crippen LogP contribution is 2.41. The van der Waals surface area contributed by atoms with Crippen LogP contribution in [0.3, 0.4) is 0 Å². The second-order valence-corrected chi connectivity index (χ2v) is 4.08. The van der Waals surface area contributed by atoms with Crippen molar-refractivity contribution < 1.29 is 15.3 Å².